The third-order valence-electron chi connectivity index (χ3n) is 1.40. The van der Waals surface area contributed by atoms with Gasteiger partial charge in [-0.25, -0.2) is 4.39 Å². The molecule has 0 bridgehead atoms. The van der Waals surface area contributed by atoms with Crippen LogP contribution in [0.1, 0.15) is 5.56 Å². The van der Waals surface area contributed by atoms with E-state index in [1.54, 1.807) is 12.1 Å². The summed E-state index contributed by atoms with van der Waals surface area (Å²) < 4.78 is 13.2. The molecule has 0 unspecified atom stereocenters. The lowest BCUT2D eigenvalue weighted by atomic mass is 10.2. The second-order valence-corrected chi connectivity index (χ2v) is 2.85. The molecule has 1 rings (SSSR count). The van der Waals surface area contributed by atoms with Gasteiger partial charge in [0.25, 0.3) is 0 Å². The third-order valence-corrected chi connectivity index (χ3v) is 1.97. The minimum Gasteiger partial charge on any atom is -0.398 e. The highest BCUT2D eigenvalue weighted by Crippen LogP contribution is 2.21. The van der Waals surface area contributed by atoms with Crippen molar-refractivity contribution in [3.63, 3.8) is 0 Å². The van der Waals surface area contributed by atoms with Gasteiger partial charge in [0.15, 0.2) is 5.82 Å². The van der Waals surface area contributed by atoms with Crippen molar-refractivity contribution in [1.29, 1.82) is 0 Å². The van der Waals surface area contributed by atoms with Crippen LogP contribution in [-0.2, 0) is 0 Å². The molecule has 0 amide bonds. The first-order valence-corrected chi connectivity index (χ1v) is 4.10. The predicted octanol–water partition coefficient (Wildman–Crippen LogP) is 2.67. The molecule has 0 fully saturated rings. The van der Waals surface area contributed by atoms with Crippen LogP contribution in [0, 0.1) is 5.82 Å². The van der Waals surface area contributed by atoms with E-state index in [4.69, 9.17) is 17.3 Å². The van der Waals surface area contributed by atoms with E-state index < -0.39 is 5.82 Å². The standard InChI is InChI=1S/C8H7ClFNS/c9-6-3-1-2-5(8(6)10)7(11)4-12/h1-4,12H,11H2/b7-4-. The first-order chi connectivity index (χ1) is 5.66. The van der Waals surface area contributed by atoms with Gasteiger partial charge in [0.2, 0.25) is 0 Å². The van der Waals surface area contributed by atoms with Crippen LogP contribution in [0.2, 0.25) is 5.02 Å². The van der Waals surface area contributed by atoms with E-state index in [0.29, 0.717) is 0 Å². The topological polar surface area (TPSA) is 26.0 Å². The molecular weight excluding hydrogens is 197 g/mol. The summed E-state index contributed by atoms with van der Waals surface area (Å²) in [6.45, 7) is 0. The molecule has 0 saturated heterocycles. The van der Waals surface area contributed by atoms with Crippen LogP contribution < -0.4 is 5.73 Å². The minimum atomic E-state index is -0.512. The zero-order chi connectivity index (χ0) is 9.14. The summed E-state index contributed by atoms with van der Waals surface area (Å²) in [5.74, 6) is -0.512. The lowest BCUT2D eigenvalue weighted by Gasteiger charge is -2.02. The average molecular weight is 204 g/mol. The molecule has 0 saturated carbocycles. The molecule has 2 N–H and O–H groups in total. The predicted molar refractivity (Wildman–Crippen MR) is 52.6 cm³/mol. The lowest BCUT2D eigenvalue weighted by Crippen LogP contribution is -1.98. The van der Waals surface area contributed by atoms with Gasteiger partial charge >= 0.3 is 0 Å². The van der Waals surface area contributed by atoms with Crippen molar-refractivity contribution in [2.24, 2.45) is 5.73 Å². The maximum Gasteiger partial charge on any atom is 0.151 e. The second kappa shape index (κ2) is 3.83. The van der Waals surface area contributed by atoms with Crippen molar-refractivity contribution in [2.75, 3.05) is 0 Å². The Bertz CT molecular complexity index is 325. The van der Waals surface area contributed by atoms with Crippen LogP contribution >= 0.6 is 24.2 Å². The number of thiol groups is 1. The number of nitrogens with two attached hydrogens (primary N) is 1. The van der Waals surface area contributed by atoms with Crippen LogP contribution in [0.5, 0.6) is 0 Å². The molecular formula is C8H7ClFNS. The monoisotopic (exact) mass is 203 g/mol. The molecule has 12 heavy (non-hydrogen) atoms. The maximum atomic E-state index is 13.2. The summed E-state index contributed by atoms with van der Waals surface area (Å²) in [6, 6.07) is 4.64. The van der Waals surface area contributed by atoms with E-state index in [2.05, 4.69) is 12.6 Å². The Labute approximate surface area is 80.4 Å². The third kappa shape index (κ3) is 1.73. The molecule has 0 aliphatic carbocycles. The van der Waals surface area contributed by atoms with Crippen LogP contribution in [0.3, 0.4) is 0 Å². The summed E-state index contributed by atoms with van der Waals surface area (Å²) in [5, 5.41) is 1.39. The van der Waals surface area contributed by atoms with Crippen LogP contribution in [0.4, 0.5) is 4.39 Å². The smallest absolute Gasteiger partial charge is 0.151 e. The molecule has 1 aromatic carbocycles. The Morgan fingerprint density at radius 2 is 2.25 bits per heavy atom. The lowest BCUT2D eigenvalue weighted by molar-refractivity contribution is 0.624. The van der Waals surface area contributed by atoms with Crippen molar-refractivity contribution in [2.45, 2.75) is 0 Å². The molecule has 1 aromatic rings. The van der Waals surface area contributed by atoms with Crippen LogP contribution in [0.25, 0.3) is 5.70 Å². The van der Waals surface area contributed by atoms with Gasteiger partial charge in [-0.05, 0) is 17.5 Å². The molecule has 0 atom stereocenters. The van der Waals surface area contributed by atoms with Crippen molar-refractivity contribution in [1.82, 2.24) is 0 Å². The van der Waals surface area contributed by atoms with Gasteiger partial charge in [-0.15, -0.1) is 12.6 Å². The van der Waals surface area contributed by atoms with Gasteiger partial charge in [-0.3, -0.25) is 0 Å². The van der Waals surface area contributed by atoms with Crippen molar-refractivity contribution in [3.05, 3.63) is 40.0 Å². The molecule has 0 heterocycles. The molecule has 0 spiro atoms. The largest absolute Gasteiger partial charge is 0.398 e. The van der Waals surface area contributed by atoms with Gasteiger partial charge in [-0.1, -0.05) is 17.7 Å². The number of hydrogen-bond acceptors (Lipinski definition) is 2. The highest BCUT2D eigenvalue weighted by molar-refractivity contribution is 7.83. The van der Waals surface area contributed by atoms with E-state index in [9.17, 15) is 4.39 Å². The Morgan fingerprint density at radius 1 is 1.58 bits per heavy atom. The Morgan fingerprint density at radius 3 is 2.83 bits per heavy atom. The first kappa shape index (κ1) is 9.42. The fourth-order valence-electron chi connectivity index (χ4n) is 0.796. The quantitative estimate of drug-likeness (QED) is 0.675. The maximum absolute atomic E-state index is 13.2. The fourth-order valence-corrected chi connectivity index (χ4v) is 1.11. The SMILES string of the molecule is N/C(=C\S)c1cccc(Cl)c1F. The zero-order valence-electron chi connectivity index (χ0n) is 6.09. The summed E-state index contributed by atoms with van der Waals surface area (Å²) in [6.07, 6.45) is 0. The molecule has 0 aromatic heterocycles. The average Bonchev–Trinajstić information content (AvgIpc) is 2.08. The molecule has 0 aliphatic heterocycles. The summed E-state index contributed by atoms with van der Waals surface area (Å²) in [5.41, 5.74) is 5.99. The van der Waals surface area contributed by atoms with Crippen molar-refractivity contribution >= 4 is 29.9 Å². The number of rotatable bonds is 1. The van der Waals surface area contributed by atoms with Crippen LogP contribution in [-0.4, -0.2) is 0 Å². The molecule has 4 heteroatoms. The van der Waals surface area contributed by atoms with Gasteiger partial charge < -0.3 is 5.73 Å². The van der Waals surface area contributed by atoms with Crippen molar-refractivity contribution < 1.29 is 4.39 Å². The normalized spacial score (nSPS) is 11.8. The van der Waals surface area contributed by atoms with Crippen LogP contribution in [0.15, 0.2) is 23.6 Å². The van der Waals surface area contributed by atoms with Gasteiger partial charge in [0, 0.05) is 11.3 Å². The van der Waals surface area contributed by atoms with E-state index in [0.717, 1.165) is 0 Å². The Hall–Kier alpha value is -0.670. The van der Waals surface area contributed by atoms with E-state index >= 15 is 0 Å². The Balaban J connectivity index is 3.26. The molecule has 0 aliphatic rings. The second-order valence-electron chi connectivity index (χ2n) is 2.19. The minimum absolute atomic E-state index is 0.0608. The van der Waals surface area contributed by atoms with Gasteiger partial charge in [0.1, 0.15) is 0 Å². The highest BCUT2D eigenvalue weighted by Gasteiger charge is 2.06. The molecule has 0 radical (unpaired) electrons. The van der Waals surface area contributed by atoms with E-state index in [1.165, 1.54) is 11.5 Å². The van der Waals surface area contributed by atoms with Gasteiger partial charge in [0.05, 0.1) is 5.02 Å². The fraction of sp³-hybridized carbons (Fsp3) is 0. The summed E-state index contributed by atoms with van der Waals surface area (Å²) in [4.78, 5) is 0. The van der Waals surface area contributed by atoms with E-state index in [-0.39, 0.29) is 16.3 Å². The van der Waals surface area contributed by atoms with E-state index in [1.807, 2.05) is 0 Å². The van der Waals surface area contributed by atoms with Crippen molar-refractivity contribution in [3.8, 4) is 0 Å². The summed E-state index contributed by atoms with van der Waals surface area (Å²) >= 11 is 9.34. The Kier molecular flexibility index (Phi) is 3.00. The molecule has 64 valence electrons. The zero-order valence-corrected chi connectivity index (χ0v) is 7.74. The first-order valence-electron chi connectivity index (χ1n) is 3.21. The van der Waals surface area contributed by atoms with Gasteiger partial charge in [-0.2, -0.15) is 0 Å². The number of halogens is 2. The highest BCUT2D eigenvalue weighted by atomic mass is 35.5. The molecule has 1 nitrogen and oxygen atoms in total. The number of benzene rings is 1. The summed E-state index contributed by atoms with van der Waals surface area (Å²) in [7, 11) is 0. The number of hydrogen-bond donors (Lipinski definition) is 2.